The second-order valence-corrected chi connectivity index (χ2v) is 14.8. The fourth-order valence-electron chi connectivity index (χ4n) is 7.73. The Morgan fingerprint density at radius 1 is 0.839 bits per heavy atom. The van der Waals surface area contributed by atoms with Crippen LogP contribution in [0.2, 0.25) is 5.02 Å². The first-order valence-corrected chi connectivity index (χ1v) is 20.0. The molecule has 0 spiro atoms. The second-order valence-electron chi connectivity index (χ2n) is 14.4. The van der Waals surface area contributed by atoms with E-state index in [1.54, 1.807) is 36.6 Å². The number of ether oxygens (including phenoxy) is 7. The number of benzene rings is 1. The Morgan fingerprint density at radius 2 is 1.50 bits per heavy atom. The van der Waals surface area contributed by atoms with E-state index in [9.17, 15) is 0 Å². The van der Waals surface area contributed by atoms with E-state index in [-0.39, 0.29) is 12.1 Å². The van der Waals surface area contributed by atoms with Gasteiger partial charge in [-0.25, -0.2) is 14.6 Å². The Morgan fingerprint density at radius 3 is 2.18 bits per heavy atom. The van der Waals surface area contributed by atoms with Crippen LogP contribution in [0.5, 0.6) is 11.6 Å². The topological polar surface area (TPSA) is 167 Å². The highest BCUT2D eigenvalue weighted by Crippen LogP contribution is 2.39. The number of fused-ring (bicyclic) bond motifs is 2. The van der Waals surface area contributed by atoms with Gasteiger partial charge in [-0.15, -0.1) is 10.2 Å². The summed E-state index contributed by atoms with van der Waals surface area (Å²) in [7, 11) is 1.65. The molecule has 1 aromatic carbocycles. The molecule has 0 radical (unpaired) electrons. The van der Waals surface area contributed by atoms with E-state index in [1.165, 1.54) is 12.8 Å². The number of aromatic nitrogens is 8. The number of nitrogens with zero attached hydrogens (tertiary/aromatic N) is 9. The third-order valence-corrected chi connectivity index (χ3v) is 10.7. The van der Waals surface area contributed by atoms with Gasteiger partial charge in [0, 0.05) is 43.2 Å². The van der Waals surface area contributed by atoms with Crippen molar-refractivity contribution in [1.82, 2.24) is 44.9 Å². The van der Waals surface area contributed by atoms with Gasteiger partial charge in [-0.1, -0.05) is 17.7 Å². The molecular weight excluding hydrogens is 744 g/mol. The quantitative estimate of drug-likeness (QED) is 0.109. The molecule has 3 aliphatic rings. The summed E-state index contributed by atoms with van der Waals surface area (Å²) in [5.41, 5.74) is 2.37. The lowest BCUT2D eigenvalue weighted by atomic mass is 9.89. The van der Waals surface area contributed by atoms with Gasteiger partial charge in [-0.05, 0) is 73.6 Å². The van der Waals surface area contributed by atoms with Crippen molar-refractivity contribution < 1.29 is 33.2 Å². The van der Waals surface area contributed by atoms with Gasteiger partial charge >= 0.3 is 0 Å². The largest absolute Gasteiger partial charge is 0.487 e. The van der Waals surface area contributed by atoms with Crippen molar-refractivity contribution in [1.29, 1.82) is 0 Å². The zero-order chi connectivity index (χ0) is 38.5. The molecule has 1 saturated carbocycles. The van der Waals surface area contributed by atoms with Crippen LogP contribution in [0.3, 0.4) is 0 Å². The molecule has 304 valence electrons. The highest BCUT2D eigenvalue weighted by Gasteiger charge is 2.42. The third-order valence-electron chi connectivity index (χ3n) is 10.4. The summed E-state index contributed by atoms with van der Waals surface area (Å²) in [5.74, 6) is 1.45. The highest BCUT2D eigenvalue weighted by atomic mass is 35.5. The minimum absolute atomic E-state index is 0.219. The van der Waals surface area contributed by atoms with Crippen molar-refractivity contribution in [2.75, 3.05) is 78.5 Å². The van der Waals surface area contributed by atoms with Gasteiger partial charge in [0.25, 0.3) is 5.88 Å². The van der Waals surface area contributed by atoms with Crippen LogP contribution >= 0.6 is 11.6 Å². The molecule has 7 rings (SSSR count). The number of morpholine rings is 1. The van der Waals surface area contributed by atoms with Gasteiger partial charge in [-0.3, -0.25) is 9.58 Å². The fourth-order valence-corrected chi connectivity index (χ4v) is 7.89. The maximum atomic E-state index is 6.49. The van der Waals surface area contributed by atoms with Crippen molar-refractivity contribution in [3.05, 3.63) is 48.1 Å². The van der Waals surface area contributed by atoms with Crippen LogP contribution in [-0.2, 0) is 30.2 Å². The summed E-state index contributed by atoms with van der Waals surface area (Å²) < 4.78 is 43.6. The van der Waals surface area contributed by atoms with Crippen molar-refractivity contribution in [2.24, 2.45) is 0 Å². The number of rotatable bonds is 22. The summed E-state index contributed by atoms with van der Waals surface area (Å²) >= 11 is 6.49. The van der Waals surface area contributed by atoms with E-state index in [1.807, 2.05) is 25.3 Å². The number of hydrogen-bond donors (Lipinski definition) is 1. The summed E-state index contributed by atoms with van der Waals surface area (Å²) in [6.45, 7) is 7.95. The Balaban J connectivity index is 0.957. The molecule has 2 saturated heterocycles. The standard InChI is InChI=1S/C38H53ClN10O7/c1-27(22-47-26-42-45-46-47)56-36-19-28(3-10-34(36)39)29-20-40-38(41-21-29)43-35-23-48(30-4-6-31(7-5-30)49-32-8-9-33(49)25-54-24-32)44-37(35)55-18-17-53-16-15-52-14-13-51-12-11-50-2/h3,10,19-21,23,26-27,30-33H,4-9,11-18,22,24-25H2,1-2H3,(H,40,41,43)/t27-,30?,31?,32-,33+/m0/s1. The van der Waals surface area contributed by atoms with E-state index >= 15 is 0 Å². The van der Waals surface area contributed by atoms with Crippen LogP contribution < -0.4 is 14.8 Å². The first-order valence-electron chi connectivity index (χ1n) is 19.6. The Labute approximate surface area is 332 Å². The van der Waals surface area contributed by atoms with Gasteiger partial charge in [0.1, 0.15) is 30.5 Å². The molecule has 4 aromatic rings. The molecule has 56 heavy (non-hydrogen) atoms. The number of anilines is 2. The molecule has 17 nitrogen and oxygen atoms in total. The highest BCUT2D eigenvalue weighted by molar-refractivity contribution is 6.32. The van der Waals surface area contributed by atoms with Crippen molar-refractivity contribution in [3.8, 4) is 22.8 Å². The van der Waals surface area contributed by atoms with E-state index in [4.69, 9.17) is 49.9 Å². The van der Waals surface area contributed by atoms with Crippen LogP contribution in [0.15, 0.2) is 43.1 Å². The number of methoxy groups -OCH3 is 1. The Kier molecular flexibility index (Phi) is 14.7. The SMILES string of the molecule is COCCOCCOCCOCCOc1nn(C2CCC(N3[C@@H]4CC[C@H]3COC4)CC2)cc1Nc1ncc(-c2ccc(Cl)c(O[C@@H](C)Cn3cnnn3)c2)cn1. The predicted molar refractivity (Wildman–Crippen MR) is 206 cm³/mol. The number of halogens is 1. The van der Waals surface area contributed by atoms with Crippen molar-refractivity contribution in [3.63, 3.8) is 0 Å². The molecule has 18 heteroatoms. The summed E-state index contributed by atoms with van der Waals surface area (Å²) in [6, 6.07) is 7.62. The molecule has 1 aliphatic carbocycles. The van der Waals surface area contributed by atoms with Crippen LogP contribution in [0.25, 0.3) is 11.1 Å². The second kappa shape index (κ2) is 20.5. The zero-order valence-electron chi connectivity index (χ0n) is 32.2. The van der Waals surface area contributed by atoms with Gasteiger partial charge in [0.15, 0.2) is 0 Å². The molecule has 0 unspecified atom stereocenters. The molecule has 5 heterocycles. The summed E-state index contributed by atoms with van der Waals surface area (Å²) in [6.07, 6.45) is 13.8. The average molecular weight is 797 g/mol. The zero-order valence-corrected chi connectivity index (χ0v) is 33.0. The maximum Gasteiger partial charge on any atom is 0.257 e. The van der Waals surface area contributed by atoms with Crippen molar-refractivity contribution >= 4 is 23.2 Å². The number of nitrogens with one attached hydrogen (secondary N) is 1. The minimum Gasteiger partial charge on any atom is -0.487 e. The first-order chi connectivity index (χ1) is 27.5. The minimum atomic E-state index is -0.219. The lowest BCUT2D eigenvalue weighted by molar-refractivity contribution is -0.0458. The Hall–Kier alpha value is -3.97. The predicted octanol–water partition coefficient (Wildman–Crippen LogP) is 4.61. The lowest BCUT2D eigenvalue weighted by Gasteiger charge is -2.43. The van der Waals surface area contributed by atoms with Crippen LogP contribution in [-0.4, -0.2) is 142 Å². The van der Waals surface area contributed by atoms with Crippen LogP contribution in [0, 0.1) is 0 Å². The van der Waals surface area contributed by atoms with E-state index in [2.05, 4.69) is 40.4 Å². The molecule has 2 bridgehead atoms. The molecule has 1 N–H and O–H groups in total. The van der Waals surface area contributed by atoms with Gasteiger partial charge in [0.05, 0.1) is 83.3 Å². The van der Waals surface area contributed by atoms with Gasteiger partial charge in [-0.2, -0.15) is 0 Å². The summed E-state index contributed by atoms with van der Waals surface area (Å²) in [4.78, 5) is 12.0. The molecule has 3 aromatic heterocycles. The first kappa shape index (κ1) is 40.2. The molecule has 2 aliphatic heterocycles. The van der Waals surface area contributed by atoms with Gasteiger partial charge < -0.3 is 38.5 Å². The summed E-state index contributed by atoms with van der Waals surface area (Å²) in [5, 5.41) is 20.0. The van der Waals surface area contributed by atoms with Crippen LogP contribution in [0.1, 0.15) is 51.5 Å². The van der Waals surface area contributed by atoms with Gasteiger partial charge in [0.2, 0.25) is 5.95 Å². The fraction of sp³-hybridized carbons (Fsp3) is 0.632. The monoisotopic (exact) mass is 796 g/mol. The smallest absolute Gasteiger partial charge is 0.257 e. The normalized spacial score (nSPS) is 21.6. The van der Waals surface area contributed by atoms with Crippen molar-refractivity contribution in [2.45, 2.75) is 82.3 Å². The number of hydrogen-bond acceptors (Lipinski definition) is 15. The van der Waals surface area contributed by atoms with E-state index in [0.717, 1.165) is 50.0 Å². The third kappa shape index (κ3) is 10.9. The molecular formula is C38H53ClN10O7. The number of tetrazole rings is 1. The van der Waals surface area contributed by atoms with E-state index in [0.29, 0.717) is 106 Å². The average Bonchev–Trinajstić information content (AvgIpc) is 3.94. The molecule has 0 amide bonds. The van der Waals surface area contributed by atoms with E-state index < -0.39 is 0 Å². The molecule has 3 fully saturated rings. The Bertz CT molecular complexity index is 1740. The molecule has 3 atom stereocenters. The lowest BCUT2D eigenvalue weighted by Crippen LogP contribution is -2.52. The van der Waals surface area contributed by atoms with Crippen LogP contribution in [0.4, 0.5) is 11.6 Å². The maximum absolute atomic E-state index is 6.49.